The summed E-state index contributed by atoms with van der Waals surface area (Å²) in [5.74, 6) is 2.06. The highest BCUT2D eigenvalue weighted by atomic mass is 32.2. The minimum Gasteiger partial charge on any atom is -0.493 e. The second-order valence-corrected chi connectivity index (χ2v) is 9.98. The highest BCUT2D eigenvalue weighted by molar-refractivity contribution is 7.99. The molecule has 5 rings (SSSR count). The van der Waals surface area contributed by atoms with E-state index in [1.807, 2.05) is 11.8 Å². The van der Waals surface area contributed by atoms with E-state index in [9.17, 15) is 0 Å². The van der Waals surface area contributed by atoms with E-state index >= 15 is 0 Å². The number of aryl methyl sites for hydroxylation is 3. The van der Waals surface area contributed by atoms with E-state index in [1.54, 1.807) is 0 Å². The Balaban J connectivity index is 1.45. The van der Waals surface area contributed by atoms with Gasteiger partial charge in [0.15, 0.2) is 0 Å². The average molecular weight is 479 g/mol. The van der Waals surface area contributed by atoms with Crippen molar-refractivity contribution in [2.45, 2.75) is 37.0 Å². The van der Waals surface area contributed by atoms with Gasteiger partial charge in [0, 0.05) is 11.4 Å². The molecule has 0 saturated carbocycles. The van der Waals surface area contributed by atoms with Crippen LogP contribution in [0.5, 0.6) is 5.75 Å². The fourth-order valence-corrected chi connectivity index (χ4v) is 5.49. The van der Waals surface area contributed by atoms with E-state index in [2.05, 4.69) is 122 Å². The number of hydrogen-bond acceptors (Lipinski definition) is 3. The van der Waals surface area contributed by atoms with E-state index in [0.717, 1.165) is 30.1 Å². The molecule has 3 nitrogen and oxygen atoms in total. The van der Waals surface area contributed by atoms with Crippen LogP contribution in [-0.4, -0.2) is 16.2 Å². The first kappa shape index (κ1) is 23.3. The summed E-state index contributed by atoms with van der Waals surface area (Å²) in [6.45, 7) is 5.71. The minimum absolute atomic E-state index is 0.0888. The van der Waals surface area contributed by atoms with E-state index in [1.165, 1.54) is 27.1 Å². The third-order valence-electron chi connectivity index (χ3n) is 6.15. The molecule has 0 spiro atoms. The molecule has 0 aliphatic rings. The van der Waals surface area contributed by atoms with Gasteiger partial charge in [0.05, 0.1) is 22.9 Å². The quantitative estimate of drug-likeness (QED) is 0.159. The van der Waals surface area contributed by atoms with Crippen LogP contribution in [0.15, 0.2) is 108 Å². The van der Waals surface area contributed by atoms with Gasteiger partial charge in [-0.05, 0) is 67.3 Å². The van der Waals surface area contributed by atoms with Crippen LogP contribution in [0.1, 0.15) is 34.2 Å². The van der Waals surface area contributed by atoms with Gasteiger partial charge in [-0.15, -0.1) is 11.8 Å². The standard InChI is InChI=1S/C31H30N2OS/c1-23-18-19-24(2)29(22-23)34-21-11-20-33-28-17-10-9-16-27(28)32-31(33)30(25-12-5-3-6-13-25)35-26-14-7-4-8-15-26/h3-10,12-19,22,30H,11,20-21H2,1-2H3. The highest BCUT2D eigenvalue weighted by Crippen LogP contribution is 2.41. The van der Waals surface area contributed by atoms with Crippen molar-refractivity contribution in [3.05, 3.63) is 126 Å². The summed E-state index contributed by atoms with van der Waals surface area (Å²) in [7, 11) is 0. The lowest BCUT2D eigenvalue weighted by atomic mass is 10.1. The third kappa shape index (κ3) is 5.44. The summed E-state index contributed by atoms with van der Waals surface area (Å²) >= 11 is 1.85. The number of nitrogens with zero attached hydrogens (tertiary/aromatic N) is 2. The second-order valence-electron chi connectivity index (χ2n) is 8.80. The summed E-state index contributed by atoms with van der Waals surface area (Å²) in [6.07, 6.45) is 0.901. The van der Waals surface area contributed by atoms with Crippen LogP contribution in [-0.2, 0) is 6.54 Å². The first-order chi connectivity index (χ1) is 17.2. The van der Waals surface area contributed by atoms with Crippen molar-refractivity contribution in [3.63, 3.8) is 0 Å². The zero-order valence-corrected chi connectivity index (χ0v) is 21.0. The second kappa shape index (κ2) is 10.8. The Labute approximate surface area is 211 Å². The lowest BCUT2D eigenvalue weighted by molar-refractivity contribution is 0.300. The summed E-state index contributed by atoms with van der Waals surface area (Å²) < 4.78 is 8.55. The number of hydrogen-bond donors (Lipinski definition) is 0. The first-order valence-electron chi connectivity index (χ1n) is 12.1. The number of benzene rings is 4. The molecule has 0 radical (unpaired) electrons. The van der Waals surface area contributed by atoms with Gasteiger partial charge in [-0.2, -0.15) is 0 Å². The number of ether oxygens (including phenoxy) is 1. The number of para-hydroxylation sites is 2. The Hall–Kier alpha value is -3.50. The van der Waals surface area contributed by atoms with Gasteiger partial charge in [-0.25, -0.2) is 4.98 Å². The molecular weight excluding hydrogens is 448 g/mol. The van der Waals surface area contributed by atoms with Gasteiger partial charge in [0.2, 0.25) is 0 Å². The fourth-order valence-electron chi connectivity index (χ4n) is 4.33. The molecule has 1 aromatic heterocycles. The largest absolute Gasteiger partial charge is 0.493 e. The van der Waals surface area contributed by atoms with Gasteiger partial charge in [-0.1, -0.05) is 72.8 Å². The van der Waals surface area contributed by atoms with Crippen molar-refractivity contribution in [2.24, 2.45) is 0 Å². The molecular formula is C31H30N2OS. The summed E-state index contributed by atoms with van der Waals surface area (Å²) in [5.41, 5.74) is 5.85. The maximum atomic E-state index is 6.17. The van der Waals surface area contributed by atoms with E-state index in [0.29, 0.717) is 6.61 Å². The molecule has 1 heterocycles. The molecule has 0 N–H and O–H groups in total. The smallest absolute Gasteiger partial charge is 0.127 e. The molecule has 1 atom stereocenters. The average Bonchev–Trinajstić information content (AvgIpc) is 3.26. The van der Waals surface area contributed by atoms with Crippen molar-refractivity contribution in [1.29, 1.82) is 0 Å². The highest BCUT2D eigenvalue weighted by Gasteiger charge is 2.23. The minimum atomic E-state index is 0.0888. The molecule has 5 aromatic rings. The Morgan fingerprint density at radius 1 is 0.829 bits per heavy atom. The zero-order valence-electron chi connectivity index (χ0n) is 20.2. The molecule has 35 heavy (non-hydrogen) atoms. The van der Waals surface area contributed by atoms with Crippen molar-refractivity contribution in [1.82, 2.24) is 9.55 Å². The summed E-state index contributed by atoms with van der Waals surface area (Å²) in [6, 6.07) is 36.1. The van der Waals surface area contributed by atoms with E-state index in [-0.39, 0.29) is 5.25 Å². The lowest BCUT2D eigenvalue weighted by Gasteiger charge is -2.19. The first-order valence-corrected chi connectivity index (χ1v) is 13.0. The lowest BCUT2D eigenvalue weighted by Crippen LogP contribution is -2.11. The Morgan fingerprint density at radius 3 is 2.34 bits per heavy atom. The monoisotopic (exact) mass is 478 g/mol. The molecule has 4 aromatic carbocycles. The fraction of sp³-hybridized carbons (Fsp3) is 0.194. The Bertz CT molecular complexity index is 1400. The number of imidazole rings is 1. The van der Waals surface area contributed by atoms with Gasteiger partial charge in [0.1, 0.15) is 11.6 Å². The van der Waals surface area contributed by atoms with Gasteiger partial charge < -0.3 is 9.30 Å². The summed E-state index contributed by atoms with van der Waals surface area (Å²) in [5, 5.41) is 0.0888. The normalized spacial score (nSPS) is 12.1. The van der Waals surface area contributed by atoms with E-state index < -0.39 is 0 Å². The van der Waals surface area contributed by atoms with Crippen LogP contribution >= 0.6 is 11.8 Å². The van der Waals surface area contributed by atoms with Gasteiger partial charge in [0.25, 0.3) is 0 Å². The van der Waals surface area contributed by atoms with Crippen molar-refractivity contribution in [2.75, 3.05) is 6.61 Å². The molecule has 0 bridgehead atoms. The topological polar surface area (TPSA) is 27.1 Å². The number of thioether (sulfide) groups is 1. The number of aromatic nitrogens is 2. The van der Waals surface area contributed by atoms with Crippen molar-refractivity contribution >= 4 is 22.8 Å². The van der Waals surface area contributed by atoms with Crippen LogP contribution in [0.3, 0.4) is 0 Å². The maximum absolute atomic E-state index is 6.17. The molecule has 4 heteroatoms. The molecule has 176 valence electrons. The SMILES string of the molecule is Cc1ccc(C)c(OCCCn2c(C(Sc3ccccc3)c3ccccc3)nc3ccccc32)c1. The van der Waals surface area contributed by atoms with Crippen LogP contribution in [0.2, 0.25) is 0 Å². The molecule has 0 aliphatic carbocycles. The van der Waals surface area contributed by atoms with E-state index in [4.69, 9.17) is 9.72 Å². The van der Waals surface area contributed by atoms with Crippen LogP contribution in [0.4, 0.5) is 0 Å². The van der Waals surface area contributed by atoms with Gasteiger partial charge in [-0.3, -0.25) is 0 Å². The maximum Gasteiger partial charge on any atom is 0.127 e. The van der Waals surface area contributed by atoms with Crippen molar-refractivity contribution in [3.8, 4) is 5.75 Å². The predicted molar refractivity (Wildman–Crippen MR) is 146 cm³/mol. The van der Waals surface area contributed by atoms with Crippen LogP contribution in [0, 0.1) is 13.8 Å². The molecule has 0 fully saturated rings. The summed E-state index contributed by atoms with van der Waals surface area (Å²) in [4.78, 5) is 6.38. The molecule has 0 amide bonds. The molecule has 0 saturated heterocycles. The number of rotatable bonds is 9. The third-order valence-corrected chi connectivity index (χ3v) is 7.41. The van der Waals surface area contributed by atoms with Crippen LogP contribution < -0.4 is 4.74 Å². The number of fused-ring (bicyclic) bond motifs is 1. The Morgan fingerprint density at radius 2 is 1.54 bits per heavy atom. The molecule has 1 unspecified atom stereocenters. The van der Waals surface area contributed by atoms with Gasteiger partial charge >= 0.3 is 0 Å². The molecule has 0 aliphatic heterocycles. The predicted octanol–water partition coefficient (Wildman–Crippen LogP) is 8.00. The van der Waals surface area contributed by atoms with Crippen LogP contribution in [0.25, 0.3) is 11.0 Å². The van der Waals surface area contributed by atoms with Crippen molar-refractivity contribution < 1.29 is 4.74 Å². The Kier molecular flexibility index (Phi) is 7.20. The zero-order chi connectivity index (χ0) is 24.0.